The Hall–Kier alpha value is -1.56. The van der Waals surface area contributed by atoms with E-state index in [1.54, 1.807) is 18.2 Å². The van der Waals surface area contributed by atoms with E-state index < -0.39 is 18.0 Å². The summed E-state index contributed by atoms with van der Waals surface area (Å²) >= 11 is 11.8. The largest absolute Gasteiger partial charge is 0.479 e. The van der Waals surface area contributed by atoms with Crippen molar-refractivity contribution in [1.29, 1.82) is 0 Å². The van der Waals surface area contributed by atoms with E-state index in [9.17, 15) is 9.59 Å². The molecular formula is C13H13Cl2NO4. The first-order chi connectivity index (χ1) is 9.41. The van der Waals surface area contributed by atoms with Gasteiger partial charge < -0.3 is 15.5 Å². The molecule has 3 N–H and O–H groups in total. The number of hydrogen-bond donors (Lipinski definition) is 3. The average Bonchev–Trinajstić information content (AvgIpc) is 2.40. The molecule has 0 aliphatic rings. The van der Waals surface area contributed by atoms with Crippen molar-refractivity contribution in [2.24, 2.45) is 0 Å². The third kappa shape index (κ3) is 5.21. The monoisotopic (exact) mass is 317 g/mol. The number of aliphatic hydroxyl groups excluding tert-OH is 1. The molecule has 108 valence electrons. The van der Waals surface area contributed by atoms with E-state index >= 15 is 0 Å². The van der Waals surface area contributed by atoms with Crippen molar-refractivity contribution in [2.45, 2.75) is 12.5 Å². The van der Waals surface area contributed by atoms with Crippen LogP contribution in [0.4, 0.5) is 0 Å². The first-order valence-corrected chi connectivity index (χ1v) is 6.48. The first-order valence-electron chi connectivity index (χ1n) is 5.72. The van der Waals surface area contributed by atoms with Gasteiger partial charge in [0.25, 0.3) is 0 Å². The normalized spacial score (nSPS) is 12.3. The van der Waals surface area contributed by atoms with Gasteiger partial charge in [-0.25, -0.2) is 4.79 Å². The Morgan fingerprint density at radius 2 is 2.05 bits per heavy atom. The van der Waals surface area contributed by atoms with Gasteiger partial charge in [0.15, 0.2) is 6.10 Å². The molecule has 0 bridgehead atoms. The van der Waals surface area contributed by atoms with E-state index in [0.29, 0.717) is 15.6 Å². The summed E-state index contributed by atoms with van der Waals surface area (Å²) in [6.45, 7) is 0.0555. The Morgan fingerprint density at radius 1 is 1.35 bits per heavy atom. The second-order valence-corrected chi connectivity index (χ2v) is 4.70. The lowest BCUT2D eigenvalue weighted by Gasteiger charge is -2.05. The quantitative estimate of drug-likeness (QED) is 0.700. The van der Waals surface area contributed by atoms with E-state index in [1.807, 2.05) is 0 Å². The van der Waals surface area contributed by atoms with Crippen LogP contribution < -0.4 is 5.32 Å². The van der Waals surface area contributed by atoms with Crippen molar-refractivity contribution >= 4 is 41.2 Å². The van der Waals surface area contributed by atoms with E-state index in [1.165, 1.54) is 12.2 Å². The minimum Gasteiger partial charge on any atom is -0.479 e. The summed E-state index contributed by atoms with van der Waals surface area (Å²) in [5, 5.41) is 20.6. The highest BCUT2D eigenvalue weighted by molar-refractivity contribution is 6.42. The lowest BCUT2D eigenvalue weighted by atomic mass is 10.2. The number of amides is 1. The number of benzene rings is 1. The minimum absolute atomic E-state index is 0.0555. The molecule has 0 aliphatic heterocycles. The van der Waals surface area contributed by atoms with Gasteiger partial charge >= 0.3 is 5.97 Å². The number of halogens is 2. The Balaban J connectivity index is 2.48. The second kappa shape index (κ2) is 7.89. The number of carboxylic acids is 1. The summed E-state index contributed by atoms with van der Waals surface area (Å²) in [6, 6.07) is 5.04. The van der Waals surface area contributed by atoms with Gasteiger partial charge in [-0.2, -0.15) is 0 Å². The number of carbonyl (C=O) groups excluding carboxylic acids is 1. The van der Waals surface area contributed by atoms with Crippen molar-refractivity contribution in [3.63, 3.8) is 0 Å². The molecule has 1 aromatic rings. The lowest BCUT2D eigenvalue weighted by molar-refractivity contribution is -0.147. The molecule has 1 atom stereocenters. The number of carboxylic acid groups (broad SMARTS) is 1. The smallest absolute Gasteiger partial charge is 0.332 e. The number of rotatable bonds is 6. The van der Waals surface area contributed by atoms with Crippen molar-refractivity contribution in [3.8, 4) is 0 Å². The van der Waals surface area contributed by atoms with Crippen LogP contribution in [0.2, 0.25) is 10.0 Å². The fourth-order valence-corrected chi connectivity index (χ4v) is 1.70. The molecule has 0 heterocycles. The number of hydrogen-bond acceptors (Lipinski definition) is 3. The zero-order valence-corrected chi connectivity index (χ0v) is 11.9. The summed E-state index contributed by atoms with van der Waals surface area (Å²) in [5.74, 6) is -1.74. The molecule has 20 heavy (non-hydrogen) atoms. The maximum Gasteiger partial charge on any atom is 0.332 e. The maximum absolute atomic E-state index is 11.5. The molecule has 0 fully saturated rings. The van der Waals surface area contributed by atoms with Gasteiger partial charge in [0, 0.05) is 19.0 Å². The topological polar surface area (TPSA) is 86.6 Å². The molecule has 0 saturated carbocycles. The van der Waals surface area contributed by atoms with Crippen LogP contribution in [0.15, 0.2) is 24.3 Å². The molecule has 1 amide bonds. The van der Waals surface area contributed by atoms with Crippen LogP contribution in [0.5, 0.6) is 0 Å². The molecule has 7 heteroatoms. The van der Waals surface area contributed by atoms with Crippen LogP contribution in [0, 0.1) is 0 Å². The zero-order valence-electron chi connectivity index (χ0n) is 10.3. The molecule has 1 aromatic carbocycles. The van der Waals surface area contributed by atoms with E-state index in [4.69, 9.17) is 33.4 Å². The molecule has 5 nitrogen and oxygen atoms in total. The van der Waals surface area contributed by atoms with Crippen molar-refractivity contribution < 1.29 is 19.8 Å². The molecule has 1 rings (SSSR count). The fraction of sp³-hybridized carbons (Fsp3) is 0.231. The van der Waals surface area contributed by atoms with Gasteiger partial charge in [0.2, 0.25) is 5.91 Å². The Labute approximate surface area is 125 Å². The Kier molecular flexibility index (Phi) is 6.51. The van der Waals surface area contributed by atoms with Crippen LogP contribution in [0.3, 0.4) is 0 Å². The van der Waals surface area contributed by atoms with Crippen molar-refractivity contribution in [2.75, 3.05) is 6.54 Å². The molecule has 1 unspecified atom stereocenters. The van der Waals surface area contributed by atoms with Gasteiger partial charge in [0.1, 0.15) is 0 Å². The van der Waals surface area contributed by atoms with Crippen LogP contribution >= 0.6 is 23.2 Å². The molecule has 0 aromatic heterocycles. The second-order valence-electron chi connectivity index (χ2n) is 3.91. The van der Waals surface area contributed by atoms with Gasteiger partial charge in [-0.15, -0.1) is 0 Å². The highest BCUT2D eigenvalue weighted by Gasteiger charge is 2.12. The van der Waals surface area contributed by atoms with Crippen molar-refractivity contribution in [3.05, 3.63) is 39.9 Å². The molecule has 0 saturated heterocycles. The average molecular weight is 318 g/mol. The van der Waals surface area contributed by atoms with Crippen LogP contribution in [-0.4, -0.2) is 34.7 Å². The molecule has 0 radical (unpaired) electrons. The van der Waals surface area contributed by atoms with Crippen LogP contribution in [0.1, 0.15) is 12.0 Å². The summed E-state index contributed by atoms with van der Waals surface area (Å²) in [5.41, 5.74) is 0.597. The number of carbonyl (C=O) groups is 2. The van der Waals surface area contributed by atoms with Gasteiger partial charge in [-0.1, -0.05) is 35.3 Å². The van der Waals surface area contributed by atoms with E-state index in [-0.39, 0.29) is 13.0 Å². The standard InChI is InChI=1S/C13H13Cl2NO4/c14-9-3-1-2-8(12(9)15)4-5-11(18)16-7-6-10(17)13(19)20/h1-5,10,17H,6-7H2,(H,16,18)(H,19,20)/b5-4+. The third-order valence-corrected chi connectivity index (χ3v) is 3.23. The number of nitrogens with one attached hydrogen (secondary N) is 1. The highest BCUT2D eigenvalue weighted by Crippen LogP contribution is 2.26. The lowest BCUT2D eigenvalue weighted by Crippen LogP contribution is -2.28. The summed E-state index contributed by atoms with van der Waals surface area (Å²) < 4.78 is 0. The highest BCUT2D eigenvalue weighted by atomic mass is 35.5. The Morgan fingerprint density at radius 3 is 2.70 bits per heavy atom. The minimum atomic E-state index is -1.48. The van der Waals surface area contributed by atoms with Crippen LogP contribution in [0.25, 0.3) is 6.08 Å². The summed E-state index contributed by atoms with van der Waals surface area (Å²) in [7, 11) is 0. The molecule has 0 spiro atoms. The van der Waals surface area contributed by atoms with Gasteiger partial charge in [-0.3, -0.25) is 4.79 Å². The summed E-state index contributed by atoms with van der Waals surface area (Å²) in [4.78, 5) is 21.8. The van der Waals surface area contributed by atoms with Crippen LogP contribution in [-0.2, 0) is 9.59 Å². The SMILES string of the molecule is O=C(/C=C/c1cccc(Cl)c1Cl)NCCC(O)C(=O)O. The number of aliphatic hydroxyl groups is 1. The Bertz CT molecular complexity index is 531. The maximum atomic E-state index is 11.5. The first kappa shape index (κ1) is 16.5. The predicted molar refractivity (Wildman–Crippen MR) is 76.8 cm³/mol. The predicted octanol–water partition coefficient (Wildman–Crippen LogP) is 1.96. The molecular weight excluding hydrogens is 305 g/mol. The molecule has 0 aliphatic carbocycles. The zero-order chi connectivity index (χ0) is 15.1. The van der Waals surface area contributed by atoms with Gasteiger partial charge in [0.05, 0.1) is 10.0 Å². The van der Waals surface area contributed by atoms with E-state index in [2.05, 4.69) is 5.32 Å². The fourth-order valence-electron chi connectivity index (χ4n) is 1.33. The van der Waals surface area contributed by atoms with Gasteiger partial charge in [-0.05, 0) is 17.7 Å². The summed E-state index contributed by atoms with van der Waals surface area (Å²) in [6.07, 6.45) is 1.20. The van der Waals surface area contributed by atoms with E-state index in [0.717, 1.165) is 0 Å². The number of aliphatic carboxylic acids is 1. The third-order valence-electron chi connectivity index (χ3n) is 2.40. The van der Waals surface area contributed by atoms with Crippen molar-refractivity contribution in [1.82, 2.24) is 5.32 Å².